The third-order valence-corrected chi connectivity index (χ3v) is 4.60. The van der Waals surface area contributed by atoms with Gasteiger partial charge in [0.05, 0.1) is 13.0 Å². The van der Waals surface area contributed by atoms with Crippen molar-refractivity contribution in [3.8, 4) is 5.75 Å². The van der Waals surface area contributed by atoms with Gasteiger partial charge in [-0.05, 0) is 36.2 Å². The molecule has 1 heterocycles. The summed E-state index contributed by atoms with van der Waals surface area (Å²) in [5.74, 6) is -2.22. The van der Waals surface area contributed by atoms with Gasteiger partial charge in [0.2, 0.25) is 11.8 Å². The molecule has 5 nitrogen and oxygen atoms in total. The number of carbonyl (C=O) groups is 2. The van der Waals surface area contributed by atoms with Crippen molar-refractivity contribution in [1.29, 1.82) is 0 Å². The lowest BCUT2D eigenvalue weighted by Crippen LogP contribution is -2.30. The van der Waals surface area contributed by atoms with Gasteiger partial charge < -0.3 is 15.0 Å². The second-order valence-electron chi connectivity index (χ2n) is 6.46. The van der Waals surface area contributed by atoms with Crippen LogP contribution in [0.2, 0.25) is 0 Å². The van der Waals surface area contributed by atoms with Crippen LogP contribution in [0, 0.1) is 17.6 Å². The maximum atomic E-state index is 13.2. The summed E-state index contributed by atoms with van der Waals surface area (Å²) in [6.07, 6.45) is 0.783. The minimum atomic E-state index is -1.03. The van der Waals surface area contributed by atoms with Crippen LogP contribution in [0.5, 0.6) is 5.75 Å². The van der Waals surface area contributed by atoms with Crippen LogP contribution in [0.15, 0.2) is 42.5 Å². The maximum absolute atomic E-state index is 13.2. The summed E-state index contributed by atoms with van der Waals surface area (Å²) in [6.45, 7) is 0.824. The van der Waals surface area contributed by atoms with Crippen LogP contribution >= 0.6 is 0 Å². The summed E-state index contributed by atoms with van der Waals surface area (Å²) < 4.78 is 31.3. The molecule has 0 spiro atoms. The van der Waals surface area contributed by atoms with Gasteiger partial charge in [-0.3, -0.25) is 9.59 Å². The van der Waals surface area contributed by atoms with E-state index in [1.54, 1.807) is 12.0 Å². The van der Waals surface area contributed by atoms with Gasteiger partial charge >= 0.3 is 0 Å². The van der Waals surface area contributed by atoms with E-state index in [0.717, 1.165) is 23.4 Å². The van der Waals surface area contributed by atoms with Gasteiger partial charge in [-0.2, -0.15) is 0 Å². The van der Waals surface area contributed by atoms with Crippen molar-refractivity contribution >= 4 is 17.5 Å². The van der Waals surface area contributed by atoms with Crippen LogP contribution in [-0.2, 0) is 16.0 Å². The van der Waals surface area contributed by atoms with E-state index in [1.807, 2.05) is 24.3 Å². The second kappa shape index (κ2) is 8.16. The monoisotopic (exact) mass is 374 g/mol. The van der Waals surface area contributed by atoms with Crippen molar-refractivity contribution in [2.75, 3.05) is 25.5 Å². The predicted octanol–water partition coefficient (Wildman–Crippen LogP) is 3.00. The molecule has 1 unspecified atom stereocenters. The summed E-state index contributed by atoms with van der Waals surface area (Å²) in [5.41, 5.74) is 1.24. The fourth-order valence-electron chi connectivity index (χ4n) is 3.04. The second-order valence-corrected chi connectivity index (χ2v) is 6.46. The molecule has 3 rings (SSSR count). The molecule has 1 atom stereocenters. The Hall–Kier alpha value is -2.96. The number of rotatable bonds is 6. The van der Waals surface area contributed by atoms with Crippen LogP contribution in [0.1, 0.15) is 12.0 Å². The Morgan fingerprint density at radius 1 is 1.19 bits per heavy atom. The molecule has 2 aromatic rings. The topological polar surface area (TPSA) is 58.6 Å². The number of amides is 2. The highest BCUT2D eigenvalue weighted by Gasteiger charge is 2.34. The molecule has 1 fully saturated rings. The largest absolute Gasteiger partial charge is 0.497 e. The van der Waals surface area contributed by atoms with Crippen molar-refractivity contribution < 1.29 is 23.1 Å². The number of anilines is 1. The Balaban J connectivity index is 1.54. The molecule has 1 N–H and O–H groups in total. The van der Waals surface area contributed by atoms with Crippen molar-refractivity contribution in [2.24, 2.45) is 5.92 Å². The van der Waals surface area contributed by atoms with Crippen molar-refractivity contribution in [1.82, 2.24) is 4.90 Å². The number of ether oxygens (including phenoxy) is 1. The van der Waals surface area contributed by atoms with Crippen LogP contribution < -0.4 is 10.1 Å². The number of hydrogen-bond donors (Lipinski definition) is 1. The number of nitrogens with one attached hydrogen (secondary N) is 1. The Morgan fingerprint density at radius 3 is 2.59 bits per heavy atom. The van der Waals surface area contributed by atoms with Gasteiger partial charge in [0.15, 0.2) is 11.6 Å². The van der Waals surface area contributed by atoms with Gasteiger partial charge in [0.1, 0.15) is 5.75 Å². The van der Waals surface area contributed by atoms with Crippen LogP contribution in [-0.4, -0.2) is 36.9 Å². The Bertz CT molecular complexity index is 840. The molecule has 1 aliphatic rings. The zero-order chi connectivity index (χ0) is 19.4. The Labute approximate surface area is 155 Å². The minimum Gasteiger partial charge on any atom is -0.497 e. The fourth-order valence-corrected chi connectivity index (χ4v) is 3.04. The quantitative estimate of drug-likeness (QED) is 0.846. The van der Waals surface area contributed by atoms with Gasteiger partial charge in [0, 0.05) is 31.3 Å². The highest BCUT2D eigenvalue weighted by molar-refractivity contribution is 5.97. The highest BCUT2D eigenvalue weighted by atomic mass is 19.2. The van der Waals surface area contributed by atoms with E-state index < -0.39 is 17.6 Å². The van der Waals surface area contributed by atoms with Gasteiger partial charge in [-0.1, -0.05) is 12.1 Å². The summed E-state index contributed by atoms with van der Waals surface area (Å²) in [5, 5.41) is 2.54. The summed E-state index contributed by atoms with van der Waals surface area (Å²) in [6, 6.07) is 10.8. The van der Waals surface area contributed by atoms with E-state index in [1.165, 1.54) is 6.07 Å². The number of halogens is 2. The molecule has 142 valence electrons. The first-order chi connectivity index (χ1) is 13.0. The summed E-state index contributed by atoms with van der Waals surface area (Å²) >= 11 is 0. The lowest BCUT2D eigenvalue weighted by molar-refractivity contribution is -0.128. The summed E-state index contributed by atoms with van der Waals surface area (Å²) in [7, 11) is 1.60. The smallest absolute Gasteiger partial charge is 0.229 e. The first-order valence-corrected chi connectivity index (χ1v) is 8.63. The van der Waals surface area contributed by atoms with E-state index in [2.05, 4.69) is 5.32 Å². The molecular weight excluding hydrogens is 354 g/mol. The van der Waals surface area contributed by atoms with Gasteiger partial charge in [-0.25, -0.2) is 8.78 Å². The zero-order valence-electron chi connectivity index (χ0n) is 14.9. The molecule has 27 heavy (non-hydrogen) atoms. The van der Waals surface area contributed by atoms with E-state index in [4.69, 9.17) is 4.74 Å². The normalized spacial score (nSPS) is 16.5. The van der Waals surface area contributed by atoms with Crippen molar-refractivity contribution in [2.45, 2.75) is 12.8 Å². The number of nitrogens with zero attached hydrogens (tertiary/aromatic N) is 1. The number of likely N-dealkylation sites (tertiary alicyclic amines) is 1. The van der Waals surface area contributed by atoms with E-state index >= 15 is 0 Å². The third kappa shape index (κ3) is 4.61. The molecule has 0 aliphatic carbocycles. The zero-order valence-corrected chi connectivity index (χ0v) is 14.9. The average Bonchev–Trinajstić information content (AvgIpc) is 3.04. The van der Waals surface area contributed by atoms with E-state index in [-0.39, 0.29) is 23.9 Å². The van der Waals surface area contributed by atoms with Crippen molar-refractivity contribution in [3.63, 3.8) is 0 Å². The molecule has 1 saturated heterocycles. The highest BCUT2D eigenvalue weighted by Crippen LogP contribution is 2.21. The molecule has 0 radical (unpaired) electrons. The minimum absolute atomic E-state index is 0.0889. The molecule has 0 saturated carbocycles. The number of benzene rings is 2. The first-order valence-electron chi connectivity index (χ1n) is 8.63. The van der Waals surface area contributed by atoms with E-state index in [9.17, 15) is 18.4 Å². The molecule has 2 amide bonds. The lowest BCUT2D eigenvalue weighted by Gasteiger charge is -2.16. The van der Waals surface area contributed by atoms with Gasteiger partial charge in [-0.15, -0.1) is 0 Å². The molecule has 0 bridgehead atoms. The first kappa shape index (κ1) is 18.8. The van der Waals surface area contributed by atoms with E-state index in [0.29, 0.717) is 19.5 Å². The molecule has 0 aromatic heterocycles. The van der Waals surface area contributed by atoms with Crippen LogP contribution in [0.4, 0.5) is 14.5 Å². The standard InChI is InChI=1S/C20H20F2N2O3/c1-27-16-5-2-13(3-6-16)8-9-24-12-14(10-19(24)25)20(26)23-15-4-7-17(21)18(22)11-15/h2-7,11,14H,8-10,12H2,1H3,(H,23,26). The molecule has 2 aromatic carbocycles. The Morgan fingerprint density at radius 2 is 1.93 bits per heavy atom. The predicted molar refractivity (Wildman–Crippen MR) is 96.4 cm³/mol. The number of hydrogen-bond acceptors (Lipinski definition) is 3. The fraction of sp³-hybridized carbons (Fsp3) is 0.300. The van der Waals surface area contributed by atoms with Crippen molar-refractivity contribution in [3.05, 3.63) is 59.7 Å². The van der Waals surface area contributed by atoms with Crippen LogP contribution in [0.3, 0.4) is 0 Å². The molecule has 1 aliphatic heterocycles. The summed E-state index contributed by atoms with van der Waals surface area (Å²) in [4.78, 5) is 26.2. The average molecular weight is 374 g/mol. The lowest BCUT2D eigenvalue weighted by atomic mass is 10.1. The van der Waals surface area contributed by atoms with Gasteiger partial charge in [0.25, 0.3) is 0 Å². The SMILES string of the molecule is COc1ccc(CCN2CC(C(=O)Nc3ccc(F)c(F)c3)CC2=O)cc1. The van der Waals surface area contributed by atoms with Crippen LogP contribution in [0.25, 0.3) is 0 Å². The Kier molecular flexibility index (Phi) is 5.69. The molecular formula is C20H20F2N2O3. The third-order valence-electron chi connectivity index (χ3n) is 4.60. The maximum Gasteiger partial charge on any atom is 0.229 e. The number of methoxy groups -OCH3 is 1. The number of carbonyl (C=O) groups excluding carboxylic acids is 2. The molecule has 7 heteroatoms.